The first-order valence-corrected chi connectivity index (χ1v) is 5.58. The second-order valence-electron chi connectivity index (χ2n) is 3.76. The van der Waals surface area contributed by atoms with Crippen LogP contribution in [0.15, 0.2) is 60.7 Å². The van der Waals surface area contributed by atoms with Crippen molar-refractivity contribution < 1.29 is 10.0 Å². The second-order valence-corrected chi connectivity index (χ2v) is 3.76. The van der Waals surface area contributed by atoms with Gasteiger partial charge in [-0.05, 0) is 22.8 Å². The van der Waals surface area contributed by atoms with Crippen molar-refractivity contribution in [3.8, 4) is 11.1 Å². The Bertz CT molecular complexity index is 562. The van der Waals surface area contributed by atoms with E-state index in [4.69, 9.17) is 5.21 Å². The molecule has 2 aromatic rings. The van der Waals surface area contributed by atoms with Crippen LogP contribution in [0.5, 0.6) is 0 Å². The Morgan fingerprint density at radius 2 is 1.67 bits per heavy atom. The van der Waals surface area contributed by atoms with Gasteiger partial charge in [0.25, 0.3) is 5.91 Å². The number of amides is 1. The Hall–Kier alpha value is -2.39. The average Bonchev–Trinajstić information content (AvgIpc) is 2.46. The molecule has 1 amide bonds. The number of hydrogen-bond acceptors (Lipinski definition) is 2. The molecule has 2 aromatic carbocycles. The van der Waals surface area contributed by atoms with E-state index in [2.05, 4.69) is 0 Å². The number of hydroxylamine groups is 1. The summed E-state index contributed by atoms with van der Waals surface area (Å²) in [6, 6.07) is 17.7. The maximum Gasteiger partial charge on any atom is 0.267 e. The standard InChI is InChI=1S/C15H13NO2/c17-15(16-18)11-10-13-8-4-5-9-14(13)12-6-2-1-3-7-12/h1-11,18H,(H,16,17). The molecule has 0 heterocycles. The van der Waals surface area contributed by atoms with Crippen LogP contribution in [-0.4, -0.2) is 11.1 Å². The van der Waals surface area contributed by atoms with Gasteiger partial charge in [0, 0.05) is 6.08 Å². The highest BCUT2D eigenvalue weighted by atomic mass is 16.5. The number of carbonyl (C=O) groups excluding carboxylic acids is 1. The molecular formula is C15H13NO2. The fraction of sp³-hybridized carbons (Fsp3) is 0. The van der Waals surface area contributed by atoms with E-state index in [1.54, 1.807) is 11.6 Å². The lowest BCUT2D eigenvalue weighted by atomic mass is 9.99. The van der Waals surface area contributed by atoms with E-state index in [0.29, 0.717) is 0 Å². The first-order valence-electron chi connectivity index (χ1n) is 5.58. The fourth-order valence-corrected chi connectivity index (χ4v) is 1.73. The summed E-state index contributed by atoms with van der Waals surface area (Å²) in [4.78, 5) is 11.0. The van der Waals surface area contributed by atoms with Crippen LogP contribution in [-0.2, 0) is 4.79 Å². The van der Waals surface area contributed by atoms with E-state index in [0.717, 1.165) is 16.7 Å². The molecule has 0 aliphatic carbocycles. The summed E-state index contributed by atoms with van der Waals surface area (Å²) < 4.78 is 0. The zero-order valence-corrected chi connectivity index (χ0v) is 9.71. The Kier molecular flexibility index (Phi) is 3.89. The van der Waals surface area contributed by atoms with Crippen LogP contribution in [0.3, 0.4) is 0 Å². The lowest BCUT2D eigenvalue weighted by Gasteiger charge is -2.05. The monoisotopic (exact) mass is 239 g/mol. The predicted octanol–water partition coefficient (Wildman–Crippen LogP) is 2.87. The molecule has 90 valence electrons. The molecule has 0 fully saturated rings. The molecule has 2 rings (SSSR count). The highest BCUT2D eigenvalue weighted by molar-refractivity contribution is 5.92. The molecule has 2 N–H and O–H groups in total. The number of rotatable bonds is 3. The average molecular weight is 239 g/mol. The molecule has 0 saturated carbocycles. The summed E-state index contributed by atoms with van der Waals surface area (Å²) in [5.74, 6) is -0.544. The smallest absolute Gasteiger partial charge is 0.267 e. The molecule has 0 atom stereocenters. The third-order valence-electron chi connectivity index (χ3n) is 2.57. The summed E-state index contributed by atoms with van der Waals surface area (Å²) in [6.45, 7) is 0. The second kappa shape index (κ2) is 5.80. The van der Waals surface area contributed by atoms with E-state index in [-0.39, 0.29) is 0 Å². The largest absolute Gasteiger partial charge is 0.288 e. The minimum atomic E-state index is -0.544. The van der Waals surface area contributed by atoms with Gasteiger partial charge in [-0.3, -0.25) is 10.0 Å². The summed E-state index contributed by atoms with van der Waals surface area (Å²) in [6.07, 6.45) is 2.97. The van der Waals surface area contributed by atoms with Crippen molar-refractivity contribution in [1.29, 1.82) is 0 Å². The van der Waals surface area contributed by atoms with Gasteiger partial charge in [0.05, 0.1) is 0 Å². The van der Waals surface area contributed by atoms with Crippen LogP contribution in [0, 0.1) is 0 Å². The van der Waals surface area contributed by atoms with Gasteiger partial charge in [-0.1, -0.05) is 54.6 Å². The Morgan fingerprint density at radius 1 is 1.00 bits per heavy atom. The number of hydrogen-bond donors (Lipinski definition) is 2. The third-order valence-corrected chi connectivity index (χ3v) is 2.57. The first-order chi connectivity index (χ1) is 8.81. The van der Waals surface area contributed by atoms with Crippen molar-refractivity contribution >= 4 is 12.0 Å². The van der Waals surface area contributed by atoms with Gasteiger partial charge in [-0.2, -0.15) is 0 Å². The van der Waals surface area contributed by atoms with Gasteiger partial charge in [0.1, 0.15) is 0 Å². The predicted molar refractivity (Wildman–Crippen MR) is 70.8 cm³/mol. The van der Waals surface area contributed by atoms with Crippen molar-refractivity contribution in [2.24, 2.45) is 0 Å². The van der Waals surface area contributed by atoms with Gasteiger partial charge >= 0.3 is 0 Å². The zero-order chi connectivity index (χ0) is 12.8. The van der Waals surface area contributed by atoms with Crippen LogP contribution in [0.4, 0.5) is 0 Å². The van der Waals surface area contributed by atoms with Crippen molar-refractivity contribution in [2.75, 3.05) is 0 Å². The number of carbonyl (C=O) groups is 1. The van der Waals surface area contributed by atoms with Crippen LogP contribution in [0.1, 0.15) is 5.56 Å². The summed E-state index contributed by atoms with van der Waals surface area (Å²) in [5, 5.41) is 8.45. The lowest BCUT2D eigenvalue weighted by Crippen LogP contribution is -2.14. The summed E-state index contributed by atoms with van der Waals surface area (Å²) >= 11 is 0. The third kappa shape index (κ3) is 2.84. The van der Waals surface area contributed by atoms with Crippen molar-refractivity contribution in [1.82, 2.24) is 5.48 Å². The SMILES string of the molecule is O=C(C=Cc1ccccc1-c1ccccc1)NO. The first kappa shape index (κ1) is 12.1. The molecule has 0 unspecified atom stereocenters. The Morgan fingerprint density at radius 3 is 2.39 bits per heavy atom. The highest BCUT2D eigenvalue weighted by Gasteiger charge is 2.01. The van der Waals surface area contributed by atoms with Gasteiger partial charge < -0.3 is 0 Å². The van der Waals surface area contributed by atoms with Crippen molar-refractivity contribution in [3.05, 3.63) is 66.2 Å². The molecular weight excluding hydrogens is 226 g/mol. The molecule has 0 bridgehead atoms. The normalized spacial score (nSPS) is 10.5. The highest BCUT2D eigenvalue weighted by Crippen LogP contribution is 2.24. The number of benzene rings is 2. The quantitative estimate of drug-likeness (QED) is 0.491. The van der Waals surface area contributed by atoms with Crippen LogP contribution < -0.4 is 5.48 Å². The van der Waals surface area contributed by atoms with E-state index in [1.807, 2.05) is 54.6 Å². The van der Waals surface area contributed by atoms with Crippen LogP contribution >= 0.6 is 0 Å². The minimum Gasteiger partial charge on any atom is -0.288 e. The fourth-order valence-electron chi connectivity index (χ4n) is 1.73. The molecule has 18 heavy (non-hydrogen) atoms. The molecule has 0 radical (unpaired) electrons. The van der Waals surface area contributed by atoms with Crippen LogP contribution in [0.2, 0.25) is 0 Å². The molecule has 0 aliphatic rings. The summed E-state index contributed by atoms with van der Waals surface area (Å²) in [7, 11) is 0. The zero-order valence-electron chi connectivity index (χ0n) is 9.71. The van der Waals surface area contributed by atoms with Gasteiger partial charge in [0.15, 0.2) is 0 Å². The van der Waals surface area contributed by atoms with Crippen molar-refractivity contribution in [3.63, 3.8) is 0 Å². The van der Waals surface area contributed by atoms with E-state index in [1.165, 1.54) is 6.08 Å². The molecule has 3 heteroatoms. The lowest BCUT2D eigenvalue weighted by molar-refractivity contribution is -0.124. The van der Waals surface area contributed by atoms with E-state index >= 15 is 0 Å². The summed E-state index contributed by atoms with van der Waals surface area (Å²) in [5.41, 5.74) is 4.62. The Balaban J connectivity index is 2.38. The maximum atomic E-state index is 11.0. The molecule has 3 nitrogen and oxygen atoms in total. The molecule has 0 aromatic heterocycles. The minimum absolute atomic E-state index is 0.544. The Labute approximate surface area is 105 Å². The van der Waals surface area contributed by atoms with E-state index in [9.17, 15) is 4.79 Å². The molecule has 0 saturated heterocycles. The van der Waals surface area contributed by atoms with Crippen LogP contribution in [0.25, 0.3) is 17.2 Å². The maximum absolute atomic E-state index is 11.0. The van der Waals surface area contributed by atoms with Gasteiger partial charge in [-0.25, -0.2) is 5.48 Å². The topological polar surface area (TPSA) is 49.3 Å². The van der Waals surface area contributed by atoms with Crippen molar-refractivity contribution in [2.45, 2.75) is 0 Å². The van der Waals surface area contributed by atoms with Gasteiger partial charge in [-0.15, -0.1) is 0 Å². The molecule has 0 spiro atoms. The number of nitrogens with one attached hydrogen (secondary N) is 1. The molecule has 0 aliphatic heterocycles. The van der Waals surface area contributed by atoms with E-state index < -0.39 is 5.91 Å². The van der Waals surface area contributed by atoms with Gasteiger partial charge in [0.2, 0.25) is 0 Å².